The molecule has 2 aromatic heterocycles. The highest BCUT2D eigenvalue weighted by Crippen LogP contribution is 2.16. The zero-order valence-electron chi connectivity index (χ0n) is 10.5. The van der Waals surface area contributed by atoms with Gasteiger partial charge in [0.15, 0.2) is 5.82 Å². The van der Waals surface area contributed by atoms with E-state index in [-0.39, 0.29) is 5.91 Å². The number of H-pyrrole nitrogens is 2. The summed E-state index contributed by atoms with van der Waals surface area (Å²) in [5, 5.41) is 20.0. The van der Waals surface area contributed by atoms with Gasteiger partial charge in [0, 0.05) is 16.8 Å². The van der Waals surface area contributed by atoms with Gasteiger partial charge in [-0.15, -0.1) is 0 Å². The molecule has 0 radical (unpaired) electrons. The molecule has 0 atom stereocenters. The second-order valence-corrected chi connectivity index (χ2v) is 4.30. The van der Waals surface area contributed by atoms with Gasteiger partial charge >= 0.3 is 0 Å². The van der Waals surface area contributed by atoms with Crippen molar-refractivity contribution in [2.45, 2.75) is 13.8 Å². The number of anilines is 1. The highest BCUT2D eigenvalue weighted by Gasteiger charge is 2.12. The van der Waals surface area contributed by atoms with Crippen LogP contribution in [0.4, 0.5) is 5.82 Å². The molecule has 0 aliphatic rings. The monoisotopic (exact) mass is 256 g/mol. The van der Waals surface area contributed by atoms with Crippen LogP contribution < -0.4 is 5.32 Å². The first kappa shape index (κ1) is 11.4. The Bertz CT molecular complexity index is 757. The molecule has 0 saturated carbocycles. The molecule has 3 N–H and O–H groups in total. The Morgan fingerprint density at radius 3 is 2.68 bits per heavy atom. The Morgan fingerprint density at radius 1 is 1.16 bits per heavy atom. The fourth-order valence-corrected chi connectivity index (χ4v) is 1.77. The van der Waals surface area contributed by atoms with Gasteiger partial charge in [-0.25, -0.2) is 0 Å². The molecule has 7 nitrogen and oxygen atoms in total. The number of nitrogens with zero attached hydrogens (tertiary/aromatic N) is 3. The van der Waals surface area contributed by atoms with Crippen LogP contribution in [-0.2, 0) is 0 Å². The lowest BCUT2D eigenvalue weighted by Gasteiger charge is -2.03. The van der Waals surface area contributed by atoms with Crippen molar-refractivity contribution < 1.29 is 4.79 Å². The second kappa shape index (κ2) is 4.20. The number of benzene rings is 1. The average molecular weight is 256 g/mol. The lowest BCUT2D eigenvalue weighted by Crippen LogP contribution is -2.12. The van der Waals surface area contributed by atoms with E-state index in [1.54, 1.807) is 18.2 Å². The molecule has 1 aromatic carbocycles. The van der Waals surface area contributed by atoms with Crippen molar-refractivity contribution in [1.29, 1.82) is 0 Å². The van der Waals surface area contributed by atoms with Gasteiger partial charge in [0.05, 0.1) is 0 Å². The molecule has 0 bridgehead atoms. The van der Waals surface area contributed by atoms with Gasteiger partial charge in [0.25, 0.3) is 5.91 Å². The number of carbonyl (C=O) groups is 1. The van der Waals surface area contributed by atoms with E-state index < -0.39 is 0 Å². The van der Waals surface area contributed by atoms with E-state index in [9.17, 15) is 4.79 Å². The Kier molecular flexibility index (Phi) is 2.52. The maximum Gasteiger partial charge on any atom is 0.256 e. The molecule has 2 heterocycles. The van der Waals surface area contributed by atoms with E-state index in [1.165, 1.54) is 0 Å². The standard InChI is InChI=1S/C12H12N6O/c1-6-7(2)14-17-11(6)13-12(19)8-3-4-9-10(5-8)16-18-15-9/h3-5H,1-2H3,(H,15,16,18)(H2,13,14,17,19). The first-order valence-electron chi connectivity index (χ1n) is 5.78. The van der Waals surface area contributed by atoms with Crippen LogP contribution in [0.2, 0.25) is 0 Å². The SMILES string of the molecule is Cc1[nH]nc(NC(=O)c2ccc3n[nH]nc3c2)c1C. The van der Waals surface area contributed by atoms with Gasteiger partial charge in [-0.1, -0.05) is 0 Å². The lowest BCUT2D eigenvalue weighted by molar-refractivity contribution is 0.102. The molecule has 0 aliphatic carbocycles. The summed E-state index contributed by atoms with van der Waals surface area (Å²) in [5.41, 5.74) is 3.76. The first-order chi connectivity index (χ1) is 9.15. The summed E-state index contributed by atoms with van der Waals surface area (Å²) in [6.45, 7) is 3.80. The fourth-order valence-electron chi connectivity index (χ4n) is 1.77. The summed E-state index contributed by atoms with van der Waals surface area (Å²) >= 11 is 0. The van der Waals surface area contributed by atoms with Crippen LogP contribution in [0.1, 0.15) is 21.6 Å². The molecule has 0 spiro atoms. The molecular formula is C12H12N6O. The summed E-state index contributed by atoms with van der Waals surface area (Å²) in [6, 6.07) is 5.13. The van der Waals surface area contributed by atoms with Crippen LogP contribution in [0, 0.1) is 13.8 Å². The van der Waals surface area contributed by atoms with Crippen LogP contribution in [0.5, 0.6) is 0 Å². The van der Waals surface area contributed by atoms with Gasteiger partial charge in [0.2, 0.25) is 0 Å². The third kappa shape index (κ3) is 1.95. The number of hydrogen-bond acceptors (Lipinski definition) is 4. The Morgan fingerprint density at radius 2 is 1.95 bits per heavy atom. The molecule has 0 aliphatic heterocycles. The number of amides is 1. The highest BCUT2D eigenvalue weighted by atomic mass is 16.1. The number of rotatable bonds is 2. The third-order valence-electron chi connectivity index (χ3n) is 3.06. The largest absolute Gasteiger partial charge is 0.305 e. The number of carbonyl (C=O) groups excluding carboxylic acids is 1. The molecule has 0 unspecified atom stereocenters. The van der Waals surface area contributed by atoms with Crippen molar-refractivity contribution in [3.05, 3.63) is 35.0 Å². The number of aromatic amines is 2. The van der Waals surface area contributed by atoms with E-state index in [0.29, 0.717) is 16.9 Å². The van der Waals surface area contributed by atoms with Crippen molar-refractivity contribution in [3.8, 4) is 0 Å². The molecular weight excluding hydrogens is 244 g/mol. The van der Waals surface area contributed by atoms with Crippen LogP contribution in [0.25, 0.3) is 11.0 Å². The molecule has 7 heteroatoms. The maximum absolute atomic E-state index is 12.1. The van der Waals surface area contributed by atoms with Crippen molar-refractivity contribution in [2.75, 3.05) is 5.32 Å². The van der Waals surface area contributed by atoms with Crippen LogP contribution in [0.15, 0.2) is 18.2 Å². The van der Waals surface area contributed by atoms with E-state index in [2.05, 4.69) is 30.9 Å². The molecule has 96 valence electrons. The van der Waals surface area contributed by atoms with Gasteiger partial charge in [0.1, 0.15) is 11.0 Å². The zero-order valence-corrected chi connectivity index (χ0v) is 10.5. The number of hydrogen-bond donors (Lipinski definition) is 3. The van der Waals surface area contributed by atoms with Gasteiger partial charge < -0.3 is 5.32 Å². The fraction of sp³-hybridized carbons (Fsp3) is 0.167. The first-order valence-corrected chi connectivity index (χ1v) is 5.78. The van der Waals surface area contributed by atoms with E-state index >= 15 is 0 Å². The number of aryl methyl sites for hydroxylation is 1. The summed E-state index contributed by atoms with van der Waals surface area (Å²) in [7, 11) is 0. The predicted molar refractivity (Wildman–Crippen MR) is 69.9 cm³/mol. The van der Waals surface area contributed by atoms with E-state index in [0.717, 1.165) is 16.8 Å². The van der Waals surface area contributed by atoms with Gasteiger partial charge in [-0.3, -0.25) is 9.89 Å². The summed E-state index contributed by atoms with van der Waals surface area (Å²) in [6.07, 6.45) is 0. The summed E-state index contributed by atoms with van der Waals surface area (Å²) < 4.78 is 0. The minimum absolute atomic E-state index is 0.223. The Balaban J connectivity index is 1.89. The smallest absolute Gasteiger partial charge is 0.256 e. The summed E-state index contributed by atoms with van der Waals surface area (Å²) in [4.78, 5) is 12.1. The topological polar surface area (TPSA) is 99.4 Å². The van der Waals surface area contributed by atoms with E-state index in [4.69, 9.17) is 0 Å². The maximum atomic E-state index is 12.1. The highest BCUT2D eigenvalue weighted by molar-refractivity contribution is 6.05. The number of fused-ring (bicyclic) bond motifs is 1. The number of aromatic nitrogens is 5. The minimum Gasteiger partial charge on any atom is -0.305 e. The molecule has 0 fully saturated rings. The van der Waals surface area contributed by atoms with Crippen LogP contribution in [-0.4, -0.2) is 31.5 Å². The molecule has 19 heavy (non-hydrogen) atoms. The Labute approximate surface area is 108 Å². The van der Waals surface area contributed by atoms with Crippen molar-refractivity contribution in [2.24, 2.45) is 0 Å². The molecule has 1 amide bonds. The third-order valence-corrected chi connectivity index (χ3v) is 3.06. The number of nitrogens with one attached hydrogen (secondary N) is 3. The van der Waals surface area contributed by atoms with Crippen LogP contribution >= 0.6 is 0 Å². The van der Waals surface area contributed by atoms with Crippen molar-refractivity contribution >= 4 is 22.8 Å². The predicted octanol–water partition coefficient (Wildman–Crippen LogP) is 1.55. The lowest BCUT2D eigenvalue weighted by atomic mass is 10.2. The minimum atomic E-state index is -0.223. The van der Waals surface area contributed by atoms with Gasteiger partial charge in [-0.05, 0) is 32.0 Å². The zero-order chi connectivity index (χ0) is 13.4. The quantitative estimate of drug-likeness (QED) is 0.647. The summed E-state index contributed by atoms with van der Waals surface area (Å²) in [5.74, 6) is 0.322. The Hall–Kier alpha value is -2.70. The van der Waals surface area contributed by atoms with E-state index in [1.807, 2.05) is 13.8 Å². The molecule has 3 aromatic rings. The normalized spacial score (nSPS) is 10.8. The van der Waals surface area contributed by atoms with Crippen LogP contribution in [0.3, 0.4) is 0 Å². The van der Waals surface area contributed by atoms with Crippen molar-refractivity contribution in [3.63, 3.8) is 0 Å². The average Bonchev–Trinajstić information content (AvgIpc) is 2.99. The molecule has 3 rings (SSSR count). The van der Waals surface area contributed by atoms with Crippen molar-refractivity contribution in [1.82, 2.24) is 25.6 Å². The molecule has 0 saturated heterocycles. The second-order valence-electron chi connectivity index (χ2n) is 4.30. The van der Waals surface area contributed by atoms with Gasteiger partial charge in [-0.2, -0.15) is 20.5 Å².